The molecule has 0 spiro atoms. The largest absolute Gasteiger partial charge is 0.396 e. The van der Waals surface area contributed by atoms with Crippen molar-refractivity contribution in [3.05, 3.63) is 71.0 Å². The van der Waals surface area contributed by atoms with Gasteiger partial charge in [-0.05, 0) is 61.2 Å². The van der Waals surface area contributed by atoms with Crippen LogP contribution in [-0.2, 0) is 6.42 Å². The van der Waals surface area contributed by atoms with Gasteiger partial charge in [-0.25, -0.2) is 4.39 Å². The molecule has 0 radical (unpaired) electrons. The summed E-state index contributed by atoms with van der Waals surface area (Å²) in [5, 5.41) is 28.8. The predicted molar refractivity (Wildman–Crippen MR) is 94.0 cm³/mol. The standard InChI is InChI=1S/C20H23FN2O2/c1-23(20(25)18-8-10-19(21)11-9-18)13-17(14-24)7-4-15-2-5-16(12-22)6-3-15/h2-3,5-6,8-11,17,20,24-25H,4,7,13-14H2,1H3. The van der Waals surface area contributed by atoms with Gasteiger partial charge >= 0.3 is 0 Å². The summed E-state index contributed by atoms with van der Waals surface area (Å²) in [6, 6.07) is 15.3. The third-order valence-electron chi connectivity index (χ3n) is 4.31. The lowest BCUT2D eigenvalue weighted by atomic mass is 9.98. The van der Waals surface area contributed by atoms with Crippen molar-refractivity contribution in [3.8, 4) is 6.07 Å². The number of aryl methyl sites for hydroxylation is 1. The third-order valence-corrected chi connectivity index (χ3v) is 4.31. The van der Waals surface area contributed by atoms with Crippen molar-refractivity contribution in [3.63, 3.8) is 0 Å². The zero-order chi connectivity index (χ0) is 18.2. The molecule has 4 nitrogen and oxygen atoms in total. The van der Waals surface area contributed by atoms with E-state index >= 15 is 0 Å². The Hall–Kier alpha value is -2.26. The average molecular weight is 342 g/mol. The Bertz CT molecular complexity index is 695. The molecule has 25 heavy (non-hydrogen) atoms. The van der Waals surface area contributed by atoms with Crippen molar-refractivity contribution in [1.29, 1.82) is 5.26 Å². The summed E-state index contributed by atoms with van der Waals surface area (Å²) in [7, 11) is 1.78. The van der Waals surface area contributed by atoms with Gasteiger partial charge in [-0.2, -0.15) is 5.26 Å². The number of hydrogen-bond donors (Lipinski definition) is 2. The first-order valence-electron chi connectivity index (χ1n) is 8.27. The minimum atomic E-state index is -0.843. The Morgan fingerprint density at radius 2 is 1.76 bits per heavy atom. The molecule has 132 valence electrons. The highest BCUT2D eigenvalue weighted by Gasteiger charge is 2.18. The van der Waals surface area contributed by atoms with E-state index in [-0.39, 0.29) is 18.3 Å². The predicted octanol–water partition coefficient (Wildman–Crippen LogP) is 2.86. The van der Waals surface area contributed by atoms with Crippen LogP contribution in [-0.4, -0.2) is 35.3 Å². The molecule has 0 amide bonds. The molecule has 2 aromatic carbocycles. The quantitative estimate of drug-likeness (QED) is 0.724. The van der Waals surface area contributed by atoms with E-state index in [1.807, 2.05) is 12.1 Å². The highest BCUT2D eigenvalue weighted by Crippen LogP contribution is 2.19. The molecule has 0 aromatic heterocycles. The number of aliphatic hydroxyl groups is 2. The smallest absolute Gasteiger partial charge is 0.133 e. The molecule has 2 aromatic rings. The van der Waals surface area contributed by atoms with Gasteiger partial charge in [0.1, 0.15) is 12.0 Å². The number of nitrogens with zero attached hydrogens (tertiary/aromatic N) is 2. The van der Waals surface area contributed by atoms with Gasteiger partial charge in [-0.3, -0.25) is 4.90 Å². The summed E-state index contributed by atoms with van der Waals surface area (Å²) in [6.45, 7) is 0.544. The van der Waals surface area contributed by atoms with Gasteiger partial charge in [-0.15, -0.1) is 0 Å². The molecule has 2 atom stereocenters. The summed E-state index contributed by atoms with van der Waals surface area (Å²) in [5.74, 6) is -0.329. The number of aliphatic hydroxyl groups excluding tert-OH is 2. The second kappa shape index (κ2) is 9.28. The maximum atomic E-state index is 13.0. The Morgan fingerprint density at radius 3 is 2.32 bits per heavy atom. The zero-order valence-electron chi connectivity index (χ0n) is 14.3. The molecule has 0 aliphatic rings. The SMILES string of the molecule is CN(CC(CO)CCc1ccc(C#N)cc1)C(O)c1ccc(F)cc1. The molecule has 0 heterocycles. The van der Waals surface area contributed by atoms with E-state index in [4.69, 9.17) is 5.26 Å². The van der Waals surface area contributed by atoms with Crippen molar-refractivity contribution >= 4 is 0 Å². The van der Waals surface area contributed by atoms with Crippen LogP contribution < -0.4 is 0 Å². The highest BCUT2D eigenvalue weighted by molar-refractivity contribution is 5.31. The van der Waals surface area contributed by atoms with Gasteiger partial charge in [0, 0.05) is 13.2 Å². The average Bonchev–Trinajstić information content (AvgIpc) is 2.65. The molecule has 0 aliphatic heterocycles. The molecular weight excluding hydrogens is 319 g/mol. The maximum absolute atomic E-state index is 13.0. The number of halogens is 1. The highest BCUT2D eigenvalue weighted by atomic mass is 19.1. The first-order valence-corrected chi connectivity index (χ1v) is 8.27. The van der Waals surface area contributed by atoms with Crippen molar-refractivity contribution in [2.24, 2.45) is 5.92 Å². The number of hydrogen-bond acceptors (Lipinski definition) is 4. The molecule has 0 bridgehead atoms. The van der Waals surface area contributed by atoms with Crippen LogP contribution in [0.2, 0.25) is 0 Å². The summed E-state index contributed by atoms with van der Waals surface area (Å²) >= 11 is 0. The summed E-state index contributed by atoms with van der Waals surface area (Å²) < 4.78 is 13.0. The number of benzene rings is 2. The maximum Gasteiger partial charge on any atom is 0.133 e. The van der Waals surface area contributed by atoms with Crippen LogP contribution in [0.3, 0.4) is 0 Å². The topological polar surface area (TPSA) is 67.5 Å². The zero-order valence-corrected chi connectivity index (χ0v) is 14.3. The van der Waals surface area contributed by atoms with Gasteiger partial charge in [0.2, 0.25) is 0 Å². The fraction of sp³-hybridized carbons (Fsp3) is 0.350. The Morgan fingerprint density at radius 1 is 1.12 bits per heavy atom. The van der Waals surface area contributed by atoms with Crippen molar-refractivity contribution in [2.45, 2.75) is 19.1 Å². The Balaban J connectivity index is 1.89. The fourth-order valence-electron chi connectivity index (χ4n) is 2.75. The van der Waals surface area contributed by atoms with Crippen molar-refractivity contribution < 1.29 is 14.6 Å². The van der Waals surface area contributed by atoms with E-state index in [0.717, 1.165) is 18.4 Å². The number of rotatable bonds is 8. The van der Waals surface area contributed by atoms with Crippen LogP contribution in [0, 0.1) is 23.1 Å². The lowest BCUT2D eigenvalue weighted by Gasteiger charge is -2.27. The normalized spacial score (nSPS) is 13.4. The van der Waals surface area contributed by atoms with Crippen molar-refractivity contribution in [1.82, 2.24) is 4.90 Å². The Labute approximate surface area is 147 Å². The fourth-order valence-corrected chi connectivity index (χ4v) is 2.75. The molecule has 0 saturated heterocycles. The monoisotopic (exact) mass is 342 g/mol. The molecule has 5 heteroatoms. The summed E-state index contributed by atoms with van der Waals surface area (Å²) in [6.07, 6.45) is 0.713. The third kappa shape index (κ3) is 5.64. The van der Waals surface area contributed by atoms with Crippen LogP contribution in [0.5, 0.6) is 0 Å². The Kier molecular flexibility index (Phi) is 7.08. The second-order valence-electron chi connectivity index (χ2n) is 6.26. The van der Waals surface area contributed by atoms with Crippen LogP contribution in [0.4, 0.5) is 4.39 Å². The van der Waals surface area contributed by atoms with E-state index in [1.165, 1.54) is 12.1 Å². The second-order valence-corrected chi connectivity index (χ2v) is 6.26. The minimum Gasteiger partial charge on any atom is -0.396 e. The van der Waals surface area contributed by atoms with Gasteiger partial charge in [0.15, 0.2) is 0 Å². The van der Waals surface area contributed by atoms with E-state index in [0.29, 0.717) is 17.7 Å². The van der Waals surface area contributed by atoms with Crippen LogP contribution in [0.15, 0.2) is 48.5 Å². The molecule has 0 fully saturated rings. The van der Waals surface area contributed by atoms with E-state index in [2.05, 4.69) is 6.07 Å². The van der Waals surface area contributed by atoms with Gasteiger partial charge in [0.25, 0.3) is 0 Å². The molecule has 2 rings (SSSR count). The van der Waals surface area contributed by atoms with Gasteiger partial charge < -0.3 is 10.2 Å². The first kappa shape index (κ1) is 19.1. The van der Waals surface area contributed by atoms with Crippen LogP contribution >= 0.6 is 0 Å². The first-order chi connectivity index (χ1) is 12.0. The van der Waals surface area contributed by atoms with E-state index < -0.39 is 6.23 Å². The summed E-state index contributed by atoms with van der Waals surface area (Å²) in [4.78, 5) is 1.74. The lowest BCUT2D eigenvalue weighted by Crippen LogP contribution is -2.31. The number of nitriles is 1. The van der Waals surface area contributed by atoms with E-state index in [1.54, 1.807) is 36.2 Å². The van der Waals surface area contributed by atoms with Gasteiger partial charge in [0.05, 0.1) is 11.6 Å². The van der Waals surface area contributed by atoms with E-state index in [9.17, 15) is 14.6 Å². The molecule has 2 unspecified atom stereocenters. The molecule has 0 saturated carbocycles. The molecular formula is C20H23FN2O2. The molecule has 0 aliphatic carbocycles. The van der Waals surface area contributed by atoms with Crippen molar-refractivity contribution in [2.75, 3.05) is 20.2 Å². The lowest BCUT2D eigenvalue weighted by molar-refractivity contribution is 0.00396. The van der Waals surface area contributed by atoms with Crippen LogP contribution in [0.1, 0.15) is 29.3 Å². The molecule has 2 N–H and O–H groups in total. The summed E-state index contributed by atoms with van der Waals surface area (Å²) in [5.41, 5.74) is 2.36. The minimum absolute atomic E-state index is 0.00995. The van der Waals surface area contributed by atoms with Crippen LogP contribution in [0.25, 0.3) is 0 Å². The van der Waals surface area contributed by atoms with Gasteiger partial charge in [-0.1, -0.05) is 24.3 Å².